The Morgan fingerprint density at radius 2 is 1.48 bits per heavy atom. The molecule has 0 aliphatic heterocycles. The summed E-state index contributed by atoms with van der Waals surface area (Å²) in [6.07, 6.45) is 5.94. The van der Waals surface area contributed by atoms with E-state index in [1.807, 2.05) is 21.6 Å². The first-order valence-corrected chi connectivity index (χ1v) is 11.4. The summed E-state index contributed by atoms with van der Waals surface area (Å²) in [5.41, 5.74) is 0.676. The van der Waals surface area contributed by atoms with E-state index in [0.29, 0.717) is 17.6 Å². The van der Waals surface area contributed by atoms with Crippen molar-refractivity contribution in [1.29, 1.82) is 0 Å². The van der Waals surface area contributed by atoms with E-state index in [1.54, 1.807) is 0 Å². The van der Waals surface area contributed by atoms with Crippen LogP contribution in [-0.2, 0) is 9.53 Å². The van der Waals surface area contributed by atoms with Crippen molar-refractivity contribution in [3.8, 4) is 0 Å². The summed E-state index contributed by atoms with van der Waals surface area (Å²) in [5.74, 6) is 2.56. The molecule has 138 valence electrons. The predicted molar refractivity (Wildman–Crippen MR) is 107 cm³/mol. The zero-order valence-electron chi connectivity index (χ0n) is 16.2. The molecule has 4 heteroatoms. The molecule has 0 aliphatic rings. The topological polar surface area (TPSA) is 26.3 Å². The van der Waals surface area contributed by atoms with Crippen LogP contribution < -0.4 is 0 Å². The number of carbonyl (C=O) groups is 1. The number of carbonyl (C=O) groups excluding carboxylic acids is 1. The molecule has 0 spiro atoms. The Labute approximate surface area is 152 Å². The number of rotatable bonds is 13. The van der Waals surface area contributed by atoms with Gasteiger partial charge in [0.05, 0.1) is 6.61 Å². The Bertz CT molecular complexity index is 303. The van der Waals surface area contributed by atoms with E-state index in [2.05, 4.69) is 41.5 Å². The van der Waals surface area contributed by atoms with E-state index < -0.39 is 0 Å². The zero-order chi connectivity index (χ0) is 17.8. The summed E-state index contributed by atoms with van der Waals surface area (Å²) >= 11 is 0. The van der Waals surface area contributed by atoms with Crippen LogP contribution in [-0.4, -0.2) is 30.5 Å². The molecular weight excluding hydrogens is 324 g/mol. The molecule has 23 heavy (non-hydrogen) atoms. The number of unbranched alkanes of at least 4 members (excludes halogenated alkanes) is 1. The van der Waals surface area contributed by atoms with E-state index in [-0.39, 0.29) is 5.41 Å². The van der Waals surface area contributed by atoms with Gasteiger partial charge in [0.25, 0.3) is 0 Å². The molecule has 0 atom stereocenters. The van der Waals surface area contributed by atoms with Crippen LogP contribution in [0.4, 0.5) is 0 Å². The fraction of sp³-hybridized carbons (Fsp3) is 0.947. The van der Waals surface area contributed by atoms with Crippen molar-refractivity contribution in [3.05, 3.63) is 0 Å². The lowest BCUT2D eigenvalue weighted by Gasteiger charge is -2.17. The molecule has 0 radical (unpaired) electrons. The summed E-state index contributed by atoms with van der Waals surface area (Å²) in [6.45, 7) is 15.0. The molecule has 0 bridgehead atoms. The minimum Gasteiger partial charge on any atom is -0.381 e. The maximum absolute atomic E-state index is 11.8. The van der Waals surface area contributed by atoms with Gasteiger partial charge in [-0.05, 0) is 36.5 Å². The van der Waals surface area contributed by atoms with Gasteiger partial charge in [-0.2, -0.15) is 0 Å². The maximum atomic E-state index is 11.8. The van der Waals surface area contributed by atoms with Crippen molar-refractivity contribution in [2.75, 3.05) is 24.7 Å². The molecule has 2 nitrogen and oxygen atoms in total. The fourth-order valence-corrected chi connectivity index (χ4v) is 4.08. The Kier molecular flexibility index (Phi) is 12.8. The van der Waals surface area contributed by atoms with Crippen molar-refractivity contribution < 1.29 is 9.53 Å². The van der Waals surface area contributed by atoms with Crippen molar-refractivity contribution in [1.82, 2.24) is 0 Å². The molecule has 0 aromatic carbocycles. The highest BCUT2D eigenvalue weighted by molar-refractivity contribution is 8.76. The minimum absolute atomic E-state index is 0.234. The van der Waals surface area contributed by atoms with Crippen LogP contribution in [0.2, 0.25) is 0 Å². The maximum Gasteiger partial charge on any atom is 0.133 e. The van der Waals surface area contributed by atoms with Gasteiger partial charge in [-0.25, -0.2) is 0 Å². The van der Waals surface area contributed by atoms with Gasteiger partial charge in [0.1, 0.15) is 5.78 Å². The number of ether oxygens (including phenoxy) is 1. The standard InChI is InChI=1S/C19H38O2S2/c1-18(2,3)12-9-14-22-23-15-11-17(20)10-7-8-13-21-16-19(4,5)6/h7-16H2,1-6H3. The van der Waals surface area contributed by atoms with Crippen molar-refractivity contribution >= 4 is 27.4 Å². The number of hydrogen-bond acceptors (Lipinski definition) is 4. The van der Waals surface area contributed by atoms with Gasteiger partial charge in [0, 0.05) is 31.0 Å². The average molecular weight is 363 g/mol. The number of ketones is 1. The van der Waals surface area contributed by atoms with E-state index in [4.69, 9.17) is 4.74 Å². The van der Waals surface area contributed by atoms with Crippen molar-refractivity contribution in [3.63, 3.8) is 0 Å². The third kappa shape index (κ3) is 20.3. The molecule has 0 aromatic heterocycles. The molecular formula is C19H38O2S2. The first-order valence-electron chi connectivity index (χ1n) is 8.94. The van der Waals surface area contributed by atoms with Gasteiger partial charge in [-0.15, -0.1) is 0 Å². The molecule has 0 aliphatic carbocycles. The zero-order valence-corrected chi connectivity index (χ0v) is 17.8. The SMILES string of the molecule is CC(C)(C)CCCSSCCC(=O)CCCCOCC(C)(C)C. The molecule has 0 saturated carbocycles. The molecule has 0 aromatic rings. The Hall–Kier alpha value is 0.330. The van der Waals surface area contributed by atoms with Crippen molar-refractivity contribution in [2.45, 2.75) is 80.1 Å². The first-order chi connectivity index (χ1) is 10.6. The van der Waals surface area contributed by atoms with E-state index in [0.717, 1.165) is 38.2 Å². The van der Waals surface area contributed by atoms with Gasteiger partial charge >= 0.3 is 0 Å². The first kappa shape index (κ1) is 23.3. The smallest absolute Gasteiger partial charge is 0.133 e. The lowest BCUT2D eigenvalue weighted by Crippen LogP contribution is -2.15. The van der Waals surface area contributed by atoms with Crippen LogP contribution in [0, 0.1) is 10.8 Å². The highest BCUT2D eigenvalue weighted by Crippen LogP contribution is 2.27. The largest absolute Gasteiger partial charge is 0.381 e. The van der Waals surface area contributed by atoms with Crippen LogP contribution in [0.1, 0.15) is 80.1 Å². The summed E-state index contributed by atoms with van der Waals surface area (Å²) in [4.78, 5) is 11.8. The summed E-state index contributed by atoms with van der Waals surface area (Å²) < 4.78 is 5.62. The molecule has 0 amide bonds. The second-order valence-corrected chi connectivity index (χ2v) is 11.4. The van der Waals surface area contributed by atoms with Gasteiger partial charge in [-0.3, -0.25) is 4.79 Å². The van der Waals surface area contributed by atoms with Crippen LogP contribution in [0.3, 0.4) is 0 Å². The second-order valence-electron chi connectivity index (χ2n) is 8.67. The van der Waals surface area contributed by atoms with Crippen LogP contribution in [0.15, 0.2) is 0 Å². The van der Waals surface area contributed by atoms with Gasteiger partial charge in [-0.1, -0.05) is 63.1 Å². The van der Waals surface area contributed by atoms with Crippen molar-refractivity contribution in [2.24, 2.45) is 10.8 Å². The Morgan fingerprint density at radius 3 is 2.09 bits per heavy atom. The van der Waals surface area contributed by atoms with Crippen LogP contribution in [0.25, 0.3) is 0 Å². The van der Waals surface area contributed by atoms with E-state index in [9.17, 15) is 4.79 Å². The van der Waals surface area contributed by atoms with Gasteiger partial charge in [0.15, 0.2) is 0 Å². The third-order valence-corrected chi connectivity index (χ3v) is 5.72. The molecule has 0 fully saturated rings. The summed E-state index contributed by atoms with van der Waals surface area (Å²) in [5, 5.41) is 0. The summed E-state index contributed by atoms with van der Waals surface area (Å²) in [6, 6.07) is 0. The second kappa shape index (κ2) is 12.7. The minimum atomic E-state index is 0.234. The van der Waals surface area contributed by atoms with Gasteiger partial charge in [0.2, 0.25) is 0 Å². The molecule has 0 rings (SSSR count). The van der Waals surface area contributed by atoms with Gasteiger partial charge < -0.3 is 4.74 Å². The van der Waals surface area contributed by atoms with Crippen LogP contribution >= 0.6 is 21.6 Å². The Balaban J connectivity index is 3.32. The van der Waals surface area contributed by atoms with E-state index >= 15 is 0 Å². The lowest BCUT2D eigenvalue weighted by molar-refractivity contribution is -0.118. The number of Topliss-reactive ketones (excluding diaryl/α,β-unsaturated/α-hetero) is 1. The molecule has 0 saturated heterocycles. The molecule has 0 unspecified atom stereocenters. The normalized spacial score (nSPS) is 12.6. The monoisotopic (exact) mass is 362 g/mol. The highest BCUT2D eigenvalue weighted by Gasteiger charge is 2.10. The number of hydrogen-bond donors (Lipinski definition) is 0. The summed E-state index contributed by atoms with van der Waals surface area (Å²) in [7, 11) is 3.77. The average Bonchev–Trinajstić information content (AvgIpc) is 2.39. The fourth-order valence-electron chi connectivity index (χ4n) is 1.96. The van der Waals surface area contributed by atoms with E-state index in [1.165, 1.54) is 18.6 Å². The van der Waals surface area contributed by atoms with Crippen LogP contribution in [0.5, 0.6) is 0 Å². The lowest BCUT2D eigenvalue weighted by atomic mass is 9.91. The quantitative estimate of drug-likeness (QED) is 0.280. The Morgan fingerprint density at radius 1 is 0.826 bits per heavy atom. The highest BCUT2D eigenvalue weighted by atomic mass is 33.1. The third-order valence-electron chi connectivity index (χ3n) is 3.23. The molecule has 0 heterocycles. The predicted octanol–water partition coefficient (Wildman–Crippen LogP) is 6.39. The molecule has 0 N–H and O–H groups in total.